The Balaban J connectivity index is 0.00000289. The largest absolute Gasteiger partial charge is 1.00 e. The van der Waals surface area contributed by atoms with Crippen LogP contribution in [0.25, 0.3) is 11.1 Å². The molecule has 0 atom stereocenters. The molecular weight excluding hydrogens is 448 g/mol. The summed E-state index contributed by atoms with van der Waals surface area (Å²) in [5.41, 5.74) is 3.95. The molecule has 0 aliphatic rings. The van der Waals surface area contributed by atoms with E-state index in [9.17, 15) is 5.11 Å². The number of aryl methyl sites for hydroxylation is 1. The van der Waals surface area contributed by atoms with Crippen LogP contribution in [0.4, 0.5) is 5.69 Å². The van der Waals surface area contributed by atoms with E-state index < -0.39 is 0 Å². The van der Waals surface area contributed by atoms with E-state index >= 15 is 0 Å². The minimum Gasteiger partial charge on any atom is -0.507 e. The van der Waals surface area contributed by atoms with Crippen LogP contribution < -0.4 is 68.8 Å². The van der Waals surface area contributed by atoms with Crippen molar-refractivity contribution in [3.63, 3.8) is 0 Å². The van der Waals surface area contributed by atoms with Gasteiger partial charge < -0.3 is 14.7 Å². The number of ether oxygens (including phenoxy) is 1. The van der Waals surface area contributed by atoms with Crippen LogP contribution in [0.5, 0.6) is 11.5 Å². The molecule has 34 heavy (non-hydrogen) atoms. The number of benzene rings is 2. The predicted molar refractivity (Wildman–Crippen MR) is 128 cm³/mol. The van der Waals surface area contributed by atoms with Crippen LogP contribution in [0.15, 0.2) is 36.4 Å². The fourth-order valence-electron chi connectivity index (χ4n) is 3.80. The zero-order valence-electron chi connectivity index (χ0n) is 21.9. The van der Waals surface area contributed by atoms with Crippen molar-refractivity contribution in [1.82, 2.24) is 20.6 Å². The third kappa shape index (κ3) is 8.25. The van der Waals surface area contributed by atoms with Crippen molar-refractivity contribution in [2.75, 3.05) is 25.6 Å². The van der Waals surface area contributed by atoms with Gasteiger partial charge in [0.15, 0.2) is 5.82 Å². The number of tetrazole rings is 1. The summed E-state index contributed by atoms with van der Waals surface area (Å²) < 4.78 is 6.06. The van der Waals surface area contributed by atoms with E-state index in [-0.39, 0.29) is 70.3 Å². The van der Waals surface area contributed by atoms with Crippen molar-refractivity contribution in [3.8, 4) is 22.6 Å². The minimum absolute atomic E-state index is 0. The van der Waals surface area contributed by atoms with E-state index in [1.807, 2.05) is 32.3 Å². The van der Waals surface area contributed by atoms with Gasteiger partial charge in [-0.1, -0.05) is 51.0 Å². The summed E-state index contributed by atoms with van der Waals surface area (Å²) in [6.07, 6.45) is 4.92. The first-order valence-corrected chi connectivity index (χ1v) is 11.3. The molecule has 0 amide bonds. The Bertz CT molecular complexity index is 1010. The Labute approximate surface area is 247 Å². The summed E-state index contributed by atoms with van der Waals surface area (Å²) in [5, 5.41) is 25.1. The first kappa shape index (κ1) is 30.9. The average molecular weight is 484 g/mol. The normalized spacial score (nSPS) is 10.9. The number of aromatic hydroxyl groups is 1. The molecule has 1 heterocycles. The van der Waals surface area contributed by atoms with Crippen LogP contribution in [-0.4, -0.2) is 46.4 Å². The monoisotopic (exact) mass is 483 g/mol. The molecule has 3 aromatic rings. The Morgan fingerprint density at radius 2 is 1.82 bits per heavy atom. The number of aromatic amines is 1. The van der Waals surface area contributed by atoms with Gasteiger partial charge >= 0.3 is 59.1 Å². The maximum atomic E-state index is 10.7. The molecule has 1 aromatic heterocycles. The molecule has 9 heteroatoms. The molecule has 0 bridgehead atoms. The Kier molecular flexibility index (Phi) is 13.2. The van der Waals surface area contributed by atoms with Gasteiger partial charge in [-0.2, -0.15) is 5.21 Å². The number of hydrogen-bond acceptors (Lipinski definition) is 6. The number of phenols is 1. The topological polar surface area (TPSA) is 87.2 Å². The fourth-order valence-corrected chi connectivity index (χ4v) is 3.80. The number of unbranched alkanes of at least 4 members (excludes halogenated alkanes) is 2. The second kappa shape index (κ2) is 14.5. The summed E-state index contributed by atoms with van der Waals surface area (Å²) in [7, 11) is 4.03. The maximum Gasteiger partial charge on any atom is 1.00 e. The van der Waals surface area contributed by atoms with E-state index in [2.05, 4.69) is 58.4 Å². The first-order chi connectivity index (χ1) is 15.3. The van der Waals surface area contributed by atoms with Gasteiger partial charge in [0.1, 0.15) is 11.5 Å². The van der Waals surface area contributed by atoms with Crippen molar-refractivity contribution in [2.45, 2.75) is 58.3 Å². The smallest absolute Gasteiger partial charge is 0.507 e. The Hall–Kier alpha value is -1.09. The summed E-state index contributed by atoms with van der Waals surface area (Å²) in [5.74, 6) is 1.77. The number of nitrogens with zero attached hydrogens (tertiary/aromatic N) is 4. The fraction of sp³-hybridized carbons (Fsp3) is 0.480. The van der Waals surface area contributed by atoms with Gasteiger partial charge in [-0.25, -0.2) is 0 Å². The molecule has 0 spiro atoms. The van der Waals surface area contributed by atoms with Gasteiger partial charge in [-0.05, 0) is 48.6 Å². The third-order valence-corrected chi connectivity index (χ3v) is 5.89. The molecule has 0 saturated carbocycles. The summed E-state index contributed by atoms with van der Waals surface area (Å²) in [4.78, 5) is 2.06. The van der Waals surface area contributed by atoms with Crippen molar-refractivity contribution in [2.24, 2.45) is 0 Å². The molecule has 0 aliphatic carbocycles. The van der Waals surface area contributed by atoms with Crippen molar-refractivity contribution in [1.29, 1.82) is 0 Å². The van der Waals surface area contributed by atoms with E-state index in [1.54, 1.807) is 6.07 Å². The molecular formula is C25H35N5Na2O2+2. The molecule has 0 radical (unpaired) electrons. The molecule has 0 aliphatic heterocycles. The second-order valence-corrected chi connectivity index (χ2v) is 9.05. The number of hydrogen-bond donors (Lipinski definition) is 2. The SMILES string of the molecule is CCc1cc(-c2cccc(N(C)C)c2)c(O)cc1OCCCCCC(C)(C)c1nn[nH]n1.[Na+].[Na+]. The third-order valence-electron chi connectivity index (χ3n) is 5.89. The van der Waals surface area contributed by atoms with E-state index in [4.69, 9.17) is 4.74 Å². The Morgan fingerprint density at radius 3 is 2.47 bits per heavy atom. The second-order valence-electron chi connectivity index (χ2n) is 9.05. The van der Waals surface area contributed by atoms with E-state index in [1.165, 1.54) is 0 Å². The van der Waals surface area contributed by atoms with Crippen LogP contribution in [-0.2, 0) is 11.8 Å². The predicted octanol–water partition coefficient (Wildman–Crippen LogP) is -0.874. The molecule has 0 saturated heterocycles. The quantitative estimate of drug-likeness (QED) is 0.272. The number of nitrogens with one attached hydrogen (secondary N) is 1. The number of rotatable bonds is 11. The number of phenolic OH excluding ortho intramolecular Hbond substituents is 1. The number of H-pyrrole nitrogens is 1. The van der Waals surface area contributed by atoms with Gasteiger partial charge in [-0.3, -0.25) is 0 Å². The average Bonchev–Trinajstić information content (AvgIpc) is 3.32. The maximum absolute atomic E-state index is 10.7. The van der Waals surface area contributed by atoms with Crippen LogP contribution in [0.1, 0.15) is 57.8 Å². The van der Waals surface area contributed by atoms with Gasteiger partial charge in [0.05, 0.1) is 6.61 Å². The van der Waals surface area contributed by atoms with Crippen LogP contribution >= 0.6 is 0 Å². The number of aromatic nitrogens is 4. The molecule has 172 valence electrons. The van der Waals surface area contributed by atoms with Crippen molar-refractivity contribution in [3.05, 3.63) is 47.8 Å². The van der Waals surface area contributed by atoms with Crippen molar-refractivity contribution < 1.29 is 69.0 Å². The molecule has 3 rings (SSSR count). The first-order valence-electron chi connectivity index (χ1n) is 11.3. The number of anilines is 1. The minimum atomic E-state index is -0.0885. The zero-order valence-corrected chi connectivity index (χ0v) is 25.9. The van der Waals surface area contributed by atoms with Gasteiger partial charge in [0.2, 0.25) is 0 Å². The van der Waals surface area contributed by atoms with Crippen LogP contribution in [0.3, 0.4) is 0 Å². The molecule has 2 N–H and O–H groups in total. The summed E-state index contributed by atoms with van der Waals surface area (Å²) >= 11 is 0. The van der Waals surface area contributed by atoms with Gasteiger partial charge in [0.25, 0.3) is 0 Å². The summed E-state index contributed by atoms with van der Waals surface area (Å²) in [6, 6.07) is 12.0. The van der Waals surface area contributed by atoms with Gasteiger partial charge in [-0.15, -0.1) is 10.2 Å². The van der Waals surface area contributed by atoms with E-state index in [0.717, 1.165) is 66.1 Å². The summed E-state index contributed by atoms with van der Waals surface area (Å²) in [6.45, 7) is 7.02. The molecule has 0 fully saturated rings. The Morgan fingerprint density at radius 1 is 1.06 bits per heavy atom. The van der Waals surface area contributed by atoms with E-state index in [0.29, 0.717) is 6.61 Å². The molecule has 2 aromatic carbocycles. The molecule has 7 nitrogen and oxygen atoms in total. The van der Waals surface area contributed by atoms with Crippen LogP contribution in [0, 0.1) is 0 Å². The van der Waals surface area contributed by atoms with Gasteiger partial charge in [0, 0.05) is 36.8 Å². The molecule has 0 unspecified atom stereocenters. The zero-order chi connectivity index (χ0) is 23.1. The standard InChI is InChI=1S/C25H35N5O2.2Na/c1-6-18-16-21(19-11-10-12-20(15-19)30(4)5)22(31)17-23(18)32-14-9-7-8-13-25(2,3)24-26-28-29-27-24;;/h10-12,15-17,31H,6-9,13-14H2,1-5H3,(H,26,27,28,29);;/q;2*+1. The van der Waals surface area contributed by atoms with Crippen LogP contribution in [0.2, 0.25) is 0 Å². The van der Waals surface area contributed by atoms with Crippen molar-refractivity contribution >= 4 is 5.69 Å².